The van der Waals surface area contributed by atoms with Gasteiger partial charge in [-0.15, -0.1) is 0 Å². The molecule has 2 heterocycles. The molecular weight excluding hydrogens is 510 g/mol. The Labute approximate surface area is 222 Å². The maximum absolute atomic E-state index is 13.3. The third kappa shape index (κ3) is 4.48. The average Bonchev–Trinajstić information content (AvgIpc) is 3.44. The fourth-order valence-electron chi connectivity index (χ4n) is 4.73. The van der Waals surface area contributed by atoms with E-state index < -0.39 is 28.4 Å². The smallest absolute Gasteiger partial charge is 0.295 e. The molecule has 10 heteroatoms. The van der Waals surface area contributed by atoms with Crippen molar-refractivity contribution in [2.24, 2.45) is 0 Å². The van der Waals surface area contributed by atoms with Gasteiger partial charge in [0, 0.05) is 46.4 Å². The highest BCUT2D eigenvalue weighted by Gasteiger charge is 2.45. The molecule has 1 atom stereocenters. The summed E-state index contributed by atoms with van der Waals surface area (Å²) in [7, 11) is 1.59. The number of rotatable bonds is 7. The van der Waals surface area contributed by atoms with Gasteiger partial charge >= 0.3 is 0 Å². The van der Waals surface area contributed by atoms with Crippen molar-refractivity contribution in [2.75, 3.05) is 13.7 Å². The number of Topliss-reactive ketones (excluding diaryl/α,β-unsaturated/α-hetero) is 1. The number of halogens is 1. The summed E-state index contributed by atoms with van der Waals surface area (Å²) in [5.74, 6) is -1.28. The number of nitro groups is 1. The zero-order chi connectivity index (χ0) is 27.0. The van der Waals surface area contributed by atoms with E-state index in [1.54, 1.807) is 31.4 Å². The Morgan fingerprint density at radius 3 is 2.47 bits per heavy atom. The number of benzene rings is 3. The van der Waals surface area contributed by atoms with E-state index in [1.165, 1.54) is 29.2 Å². The lowest BCUT2D eigenvalue weighted by atomic mass is 9.95. The second kappa shape index (κ2) is 10.0. The van der Waals surface area contributed by atoms with E-state index in [-0.39, 0.29) is 23.4 Å². The van der Waals surface area contributed by atoms with Crippen LogP contribution in [0.2, 0.25) is 5.02 Å². The summed E-state index contributed by atoms with van der Waals surface area (Å²) in [6.45, 7) is 0.194. The van der Waals surface area contributed by atoms with Crippen LogP contribution in [0.3, 0.4) is 0 Å². The number of H-pyrrole nitrogens is 1. The third-order valence-corrected chi connectivity index (χ3v) is 6.93. The first-order valence-electron chi connectivity index (χ1n) is 11.7. The Morgan fingerprint density at radius 2 is 1.82 bits per heavy atom. The van der Waals surface area contributed by atoms with Crippen molar-refractivity contribution >= 4 is 45.6 Å². The highest BCUT2D eigenvalue weighted by Crippen LogP contribution is 2.40. The van der Waals surface area contributed by atoms with Gasteiger partial charge in [0.1, 0.15) is 11.5 Å². The van der Waals surface area contributed by atoms with E-state index in [0.717, 1.165) is 16.5 Å². The van der Waals surface area contributed by atoms with Gasteiger partial charge in [-0.2, -0.15) is 0 Å². The molecule has 1 amide bonds. The number of carbonyl (C=O) groups excluding carboxylic acids is 2. The number of aromatic amines is 1. The molecule has 0 radical (unpaired) electrons. The van der Waals surface area contributed by atoms with Crippen molar-refractivity contribution in [1.29, 1.82) is 0 Å². The van der Waals surface area contributed by atoms with Crippen LogP contribution in [0.25, 0.3) is 16.7 Å². The second-order valence-corrected chi connectivity index (χ2v) is 9.26. The number of aliphatic hydroxyl groups is 1. The highest BCUT2D eigenvalue weighted by atomic mass is 35.5. The number of hydrogen-bond donors (Lipinski definition) is 2. The number of ketones is 1. The molecule has 5 rings (SSSR count). The molecule has 192 valence electrons. The topological polar surface area (TPSA) is 126 Å². The van der Waals surface area contributed by atoms with Gasteiger partial charge in [-0.05, 0) is 60.0 Å². The van der Waals surface area contributed by atoms with Crippen LogP contribution in [0.5, 0.6) is 5.75 Å². The molecule has 0 bridgehead atoms. The lowest BCUT2D eigenvalue weighted by Crippen LogP contribution is -2.31. The maximum atomic E-state index is 13.3. The Kier molecular flexibility index (Phi) is 6.61. The van der Waals surface area contributed by atoms with Gasteiger partial charge in [0.2, 0.25) is 0 Å². The van der Waals surface area contributed by atoms with Crippen LogP contribution in [-0.4, -0.2) is 45.3 Å². The van der Waals surface area contributed by atoms with Crippen LogP contribution < -0.4 is 4.74 Å². The van der Waals surface area contributed by atoms with Crippen LogP contribution in [-0.2, 0) is 16.0 Å². The molecule has 1 aromatic heterocycles. The van der Waals surface area contributed by atoms with E-state index in [0.29, 0.717) is 22.8 Å². The van der Waals surface area contributed by atoms with Gasteiger partial charge in [-0.25, -0.2) is 0 Å². The molecule has 1 saturated heterocycles. The van der Waals surface area contributed by atoms with Crippen LogP contribution in [0.1, 0.15) is 22.7 Å². The summed E-state index contributed by atoms with van der Waals surface area (Å²) in [6.07, 6.45) is 2.29. The van der Waals surface area contributed by atoms with Gasteiger partial charge in [-0.3, -0.25) is 19.7 Å². The van der Waals surface area contributed by atoms with Crippen LogP contribution >= 0.6 is 11.6 Å². The van der Waals surface area contributed by atoms with Gasteiger partial charge in [0.05, 0.1) is 23.6 Å². The SMILES string of the molecule is COc1ccc2[nH]cc(CCN3C(=O)C(=O)C(=C(O)c4ccc([N+](=O)[O-])cc4)[C@@H]3c3ccc(Cl)cc3)c2c1. The predicted octanol–water partition coefficient (Wildman–Crippen LogP) is 5.40. The van der Waals surface area contributed by atoms with Gasteiger partial charge in [-0.1, -0.05) is 23.7 Å². The van der Waals surface area contributed by atoms with Crippen molar-refractivity contribution in [3.8, 4) is 5.75 Å². The fraction of sp³-hybridized carbons (Fsp3) is 0.143. The number of fused-ring (bicyclic) bond motifs is 1. The van der Waals surface area contributed by atoms with Gasteiger partial charge in [0.15, 0.2) is 0 Å². The monoisotopic (exact) mass is 531 g/mol. The Bertz CT molecular complexity index is 1590. The molecule has 38 heavy (non-hydrogen) atoms. The molecule has 0 unspecified atom stereocenters. The highest BCUT2D eigenvalue weighted by molar-refractivity contribution is 6.46. The lowest BCUT2D eigenvalue weighted by molar-refractivity contribution is -0.384. The van der Waals surface area contributed by atoms with Crippen LogP contribution in [0.15, 0.2) is 78.5 Å². The number of hydrogen-bond acceptors (Lipinski definition) is 6. The molecule has 2 N–H and O–H groups in total. The minimum Gasteiger partial charge on any atom is -0.507 e. The van der Waals surface area contributed by atoms with Crippen molar-refractivity contribution < 1.29 is 24.4 Å². The number of nitro benzene ring substituents is 1. The first-order valence-corrected chi connectivity index (χ1v) is 12.1. The quantitative estimate of drug-likeness (QED) is 0.108. The number of nitrogens with zero attached hydrogens (tertiary/aromatic N) is 2. The van der Waals surface area contributed by atoms with Gasteiger partial charge < -0.3 is 19.7 Å². The Morgan fingerprint density at radius 1 is 1.11 bits per heavy atom. The maximum Gasteiger partial charge on any atom is 0.295 e. The summed E-state index contributed by atoms with van der Waals surface area (Å²) in [5.41, 5.74) is 2.38. The van der Waals surface area contributed by atoms with Crippen molar-refractivity contribution in [3.63, 3.8) is 0 Å². The summed E-state index contributed by atoms with van der Waals surface area (Å²) in [5, 5.41) is 23.6. The number of ether oxygens (including phenoxy) is 1. The fourth-order valence-corrected chi connectivity index (χ4v) is 4.86. The summed E-state index contributed by atoms with van der Waals surface area (Å²) < 4.78 is 5.34. The van der Waals surface area contributed by atoms with E-state index in [2.05, 4.69) is 4.98 Å². The first kappa shape index (κ1) is 25.0. The largest absolute Gasteiger partial charge is 0.507 e. The third-order valence-electron chi connectivity index (χ3n) is 6.67. The molecule has 3 aromatic carbocycles. The zero-order valence-electron chi connectivity index (χ0n) is 20.2. The molecular formula is C28H22ClN3O6. The number of amides is 1. The predicted molar refractivity (Wildman–Crippen MR) is 142 cm³/mol. The van der Waals surface area contributed by atoms with Crippen LogP contribution in [0, 0.1) is 10.1 Å². The van der Waals surface area contributed by atoms with Crippen molar-refractivity contribution in [1.82, 2.24) is 9.88 Å². The zero-order valence-corrected chi connectivity index (χ0v) is 20.9. The van der Waals surface area contributed by atoms with E-state index in [1.807, 2.05) is 24.4 Å². The number of carbonyl (C=O) groups is 2. The number of non-ortho nitro benzene ring substituents is 1. The summed E-state index contributed by atoms with van der Waals surface area (Å²) in [6, 6.07) is 16.6. The Balaban J connectivity index is 1.54. The molecule has 0 saturated carbocycles. The van der Waals surface area contributed by atoms with E-state index in [4.69, 9.17) is 16.3 Å². The number of methoxy groups -OCH3 is 1. The van der Waals surface area contributed by atoms with Crippen LogP contribution in [0.4, 0.5) is 5.69 Å². The second-order valence-electron chi connectivity index (χ2n) is 8.82. The minimum atomic E-state index is -0.873. The number of aliphatic hydroxyl groups excluding tert-OH is 1. The standard InChI is InChI=1S/C28H22ClN3O6/c1-38-21-10-11-23-22(14-21)18(15-30-23)12-13-31-25(16-2-6-19(29)7-3-16)24(27(34)28(31)35)26(33)17-4-8-20(9-5-17)32(36)37/h2-11,14-15,25,30,33H,12-13H2,1H3/t25-/m0/s1. The summed E-state index contributed by atoms with van der Waals surface area (Å²) >= 11 is 6.08. The molecule has 4 aromatic rings. The average molecular weight is 532 g/mol. The van der Waals surface area contributed by atoms with E-state index in [9.17, 15) is 24.8 Å². The van der Waals surface area contributed by atoms with Gasteiger partial charge in [0.25, 0.3) is 17.4 Å². The molecule has 1 aliphatic rings. The molecule has 0 spiro atoms. The molecule has 9 nitrogen and oxygen atoms in total. The Hall–Kier alpha value is -4.63. The first-order chi connectivity index (χ1) is 18.3. The minimum absolute atomic E-state index is 0.0910. The van der Waals surface area contributed by atoms with E-state index >= 15 is 0 Å². The lowest BCUT2D eigenvalue weighted by Gasteiger charge is -2.25. The van der Waals surface area contributed by atoms with Crippen molar-refractivity contribution in [2.45, 2.75) is 12.5 Å². The molecule has 0 aliphatic carbocycles. The van der Waals surface area contributed by atoms with Crippen molar-refractivity contribution in [3.05, 3.63) is 110 Å². The number of nitrogens with one attached hydrogen (secondary N) is 1. The normalized spacial score (nSPS) is 16.8. The summed E-state index contributed by atoms with van der Waals surface area (Å²) in [4.78, 5) is 41.6. The molecule has 1 aliphatic heterocycles. The number of likely N-dealkylation sites (tertiary alicyclic amines) is 1. The molecule has 1 fully saturated rings. The number of aromatic nitrogens is 1.